The van der Waals surface area contributed by atoms with Crippen LogP contribution in [0.1, 0.15) is 13.8 Å². The molecule has 0 aliphatic carbocycles. The molecule has 0 aromatic carbocycles. The highest BCUT2D eigenvalue weighted by atomic mass is 32.2. The fraction of sp³-hybridized carbons (Fsp3) is 0.750. The Kier molecular flexibility index (Phi) is 3.89. The molecule has 0 heterocycles. The molecule has 41 valence electrons. The van der Waals surface area contributed by atoms with Gasteiger partial charge >= 0.3 is 6.47 Å². The van der Waals surface area contributed by atoms with Gasteiger partial charge in [0.1, 0.15) is 0 Å². The highest BCUT2D eigenvalue weighted by molar-refractivity contribution is 7.95. The Labute approximate surface area is 47.4 Å². The minimum atomic E-state index is 0.335. The van der Waals surface area contributed by atoms with Gasteiger partial charge < -0.3 is 4.18 Å². The molecule has 1 radical (unpaired) electrons. The molecule has 0 unspecified atom stereocenters. The van der Waals surface area contributed by atoms with E-state index in [1.807, 2.05) is 13.8 Å². The van der Waals surface area contributed by atoms with Crippen LogP contribution in [-0.2, 0) is 8.98 Å². The van der Waals surface area contributed by atoms with Gasteiger partial charge in [-0.2, -0.15) is 0 Å². The molecule has 0 amide bonds. The second kappa shape index (κ2) is 3.99. The maximum absolute atomic E-state index is 9.34. The van der Waals surface area contributed by atoms with Crippen molar-refractivity contribution >= 4 is 18.5 Å². The van der Waals surface area contributed by atoms with Crippen LogP contribution < -0.4 is 0 Å². The molecule has 0 aromatic rings. The molecule has 0 aliphatic rings. The van der Waals surface area contributed by atoms with Crippen molar-refractivity contribution in [3.05, 3.63) is 0 Å². The van der Waals surface area contributed by atoms with E-state index in [0.717, 1.165) is 12.0 Å². The second-order valence-electron chi connectivity index (χ2n) is 1.31. The van der Waals surface area contributed by atoms with Gasteiger partial charge in [0.15, 0.2) is 0 Å². The summed E-state index contributed by atoms with van der Waals surface area (Å²) in [6, 6.07) is 0. The third kappa shape index (κ3) is 5.82. The molecular formula is C4H7O2S. The van der Waals surface area contributed by atoms with Crippen LogP contribution in [0.5, 0.6) is 0 Å². The quantitative estimate of drug-likeness (QED) is 0.521. The molecule has 0 aromatic heterocycles. The van der Waals surface area contributed by atoms with Crippen LogP contribution in [0.3, 0.4) is 0 Å². The van der Waals surface area contributed by atoms with Gasteiger partial charge in [0.25, 0.3) is 0 Å². The Morgan fingerprint density at radius 2 is 2.29 bits per heavy atom. The first-order valence-electron chi connectivity index (χ1n) is 1.97. The molecule has 0 aliphatic heterocycles. The van der Waals surface area contributed by atoms with Gasteiger partial charge in [-0.1, -0.05) is 13.8 Å². The first kappa shape index (κ1) is 6.82. The molecule has 0 atom stereocenters. The number of hydrogen-bond donors (Lipinski definition) is 0. The molecule has 0 bridgehead atoms. The SMILES string of the molecule is CC(C)SO[C]=O. The van der Waals surface area contributed by atoms with Gasteiger partial charge in [0, 0.05) is 5.25 Å². The van der Waals surface area contributed by atoms with E-state index in [0.29, 0.717) is 5.25 Å². The summed E-state index contributed by atoms with van der Waals surface area (Å²) in [7, 11) is 0. The molecule has 7 heavy (non-hydrogen) atoms. The first-order valence-corrected chi connectivity index (χ1v) is 2.77. The molecule has 0 saturated heterocycles. The van der Waals surface area contributed by atoms with E-state index in [2.05, 4.69) is 4.18 Å². The van der Waals surface area contributed by atoms with Crippen molar-refractivity contribution in [2.24, 2.45) is 0 Å². The van der Waals surface area contributed by atoms with Crippen molar-refractivity contribution in [3.63, 3.8) is 0 Å². The lowest BCUT2D eigenvalue weighted by Crippen LogP contribution is -1.86. The van der Waals surface area contributed by atoms with Crippen LogP contribution in [0.2, 0.25) is 0 Å². The minimum Gasteiger partial charge on any atom is -0.383 e. The van der Waals surface area contributed by atoms with Crippen molar-refractivity contribution < 1.29 is 8.98 Å². The fourth-order valence-electron chi connectivity index (χ4n) is 0.116. The predicted molar refractivity (Wildman–Crippen MR) is 29.5 cm³/mol. The van der Waals surface area contributed by atoms with Crippen molar-refractivity contribution in [3.8, 4) is 0 Å². The Morgan fingerprint density at radius 1 is 1.71 bits per heavy atom. The average molecular weight is 119 g/mol. The Balaban J connectivity index is 2.81. The molecular weight excluding hydrogens is 112 g/mol. The predicted octanol–water partition coefficient (Wildman–Crippen LogP) is 1.13. The smallest absolute Gasteiger partial charge is 0.383 e. The maximum atomic E-state index is 9.34. The second-order valence-corrected chi connectivity index (χ2v) is 2.61. The summed E-state index contributed by atoms with van der Waals surface area (Å²) in [6.07, 6.45) is 0. The van der Waals surface area contributed by atoms with Crippen LogP contribution >= 0.6 is 12.0 Å². The Hall–Kier alpha value is -0.180. The third-order valence-corrected chi connectivity index (χ3v) is 0.824. The van der Waals surface area contributed by atoms with Crippen LogP contribution in [0, 0.1) is 0 Å². The topological polar surface area (TPSA) is 26.3 Å². The lowest BCUT2D eigenvalue weighted by molar-refractivity contribution is 0.473. The Morgan fingerprint density at radius 3 is 2.43 bits per heavy atom. The van der Waals surface area contributed by atoms with E-state index < -0.39 is 0 Å². The summed E-state index contributed by atoms with van der Waals surface area (Å²) in [5, 5.41) is 0.335. The molecule has 0 fully saturated rings. The monoisotopic (exact) mass is 119 g/mol. The molecule has 0 N–H and O–H groups in total. The van der Waals surface area contributed by atoms with Gasteiger partial charge in [0.05, 0.1) is 12.0 Å². The fourth-order valence-corrected chi connectivity index (χ4v) is 0.348. The third-order valence-electron chi connectivity index (χ3n) is 0.275. The van der Waals surface area contributed by atoms with Crippen molar-refractivity contribution in [1.29, 1.82) is 0 Å². The van der Waals surface area contributed by atoms with Crippen LogP contribution in [-0.4, -0.2) is 11.7 Å². The largest absolute Gasteiger partial charge is 0.430 e. The minimum absolute atomic E-state index is 0.335. The summed E-state index contributed by atoms with van der Waals surface area (Å²) in [4.78, 5) is 9.34. The molecule has 0 saturated carbocycles. The highest BCUT2D eigenvalue weighted by Crippen LogP contribution is 2.07. The van der Waals surface area contributed by atoms with Crippen molar-refractivity contribution in [1.82, 2.24) is 0 Å². The van der Waals surface area contributed by atoms with E-state index in [1.54, 1.807) is 0 Å². The van der Waals surface area contributed by atoms with E-state index in [4.69, 9.17) is 0 Å². The van der Waals surface area contributed by atoms with Gasteiger partial charge in [-0.25, -0.2) is 4.79 Å². The first-order chi connectivity index (χ1) is 3.27. The zero-order chi connectivity index (χ0) is 5.70. The van der Waals surface area contributed by atoms with Crippen LogP contribution in [0.4, 0.5) is 0 Å². The molecule has 2 nitrogen and oxygen atoms in total. The summed E-state index contributed by atoms with van der Waals surface area (Å²) in [5.41, 5.74) is 0. The van der Waals surface area contributed by atoms with Crippen molar-refractivity contribution in [2.75, 3.05) is 0 Å². The molecule has 0 spiro atoms. The zero-order valence-corrected chi connectivity index (χ0v) is 5.12. The number of rotatable bonds is 3. The van der Waals surface area contributed by atoms with Gasteiger partial charge in [0.2, 0.25) is 0 Å². The van der Waals surface area contributed by atoms with Gasteiger partial charge in [-0.05, 0) is 0 Å². The lowest BCUT2D eigenvalue weighted by atomic mass is 10.6. The van der Waals surface area contributed by atoms with E-state index >= 15 is 0 Å². The lowest BCUT2D eigenvalue weighted by Gasteiger charge is -1.94. The summed E-state index contributed by atoms with van der Waals surface area (Å²) in [6.45, 7) is 5.18. The summed E-state index contributed by atoms with van der Waals surface area (Å²) >= 11 is 1.11. The van der Waals surface area contributed by atoms with Crippen LogP contribution in [0.15, 0.2) is 0 Å². The number of carbonyl (C=O) groups excluding carboxylic acids is 1. The zero-order valence-electron chi connectivity index (χ0n) is 4.30. The van der Waals surface area contributed by atoms with Crippen molar-refractivity contribution in [2.45, 2.75) is 19.1 Å². The Bertz CT molecular complexity index is 53.7. The average Bonchev–Trinajstić information content (AvgIpc) is 1.61. The van der Waals surface area contributed by atoms with Gasteiger partial charge in [-0.3, -0.25) is 0 Å². The molecule has 3 heteroatoms. The summed E-state index contributed by atoms with van der Waals surface area (Å²) < 4.78 is 4.21. The summed E-state index contributed by atoms with van der Waals surface area (Å²) in [5.74, 6) is 0. The van der Waals surface area contributed by atoms with E-state index in [1.165, 1.54) is 6.47 Å². The van der Waals surface area contributed by atoms with E-state index in [9.17, 15) is 4.79 Å². The molecule has 0 rings (SSSR count). The van der Waals surface area contributed by atoms with Crippen LogP contribution in [0.25, 0.3) is 0 Å². The maximum Gasteiger partial charge on any atom is 0.430 e. The van der Waals surface area contributed by atoms with E-state index in [-0.39, 0.29) is 0 Å². The van der Waals surface area contributed by atoms with Gasteiger partial charge in [-0.15, -0.1) is 0 Å². The number of hydrogen-bond acceptors (Lipinski definition) is 3. The highest BCUT2D eigenvalue weighted by Gasteiger charge is 1.91. The standard InChI is InChI=1S/C4H7O2S/c1-4(2)7-6-3-5/h4H,1-2H3. The normalized spacial score (nSPS) is 9.00.